The molecular weight excluding hydrogens is 140 g/mol. The van der Waals surface area contributed by atoms with Crippen molar-refractivity contribution in [2.75, 3.05) is 19.3 Å². The number of rotatable bonds is 3. The van der Waals surface area contributed by atoms with Crippen molar-refractivity contribution in [3.05, 3.63) is 11.8 Å². The van der Waals surface area contributed by atoms with Gasteiger partial charge >= 0.3 is 0 Å². The van der Waals surface area contributed by atoms with E-state index in [1.54, 1.807) is 0 Å². The predicted octanol–water partition coefficient (Wildman–Crippen LogP) is 0.444. The Labute approximate surface area is 66.4 Å². The monoisotopic (exact) mass is 154 g/mol. The minimum absolute atomic E-state index is 0.560. The van der Waals surface area contributed by atoms with Crippen molar-refractivity contribution < 1.29 is 0 Å². The highest BCUT2D eigenvalue weighted by Gasteiger charge is 1.99. The van der Waals surface area contributed by atoms with E-state index in [4.69, 9.17) is 5.73 Å². The molecule has 0 aromatic carbocycles. The molecule has 0 fully saturated rings. The molecule has 0 radical (unpaired) electrons. The molecule has 0 unspecified atom stereocenters. The SMILES string of the molecule is CCN(C)Cc1cc(N)n[nH]1. The first-order valence-corrected chi connectivity index (χ1v) is 3.70. The maximum atomic E-state index is 5.43. The minimum Gasteiger partial charge on any atom is -0.382 e. The van der Waals surface area contributed by atoms with Gasteiger partial charge in [-0.25, -0.2) is 0 Å². The van der Waals surface area contributed by atoms with Crippen LogP contribution in [0.25, 0.3) is 0 Å². The van der Waals surface area contributed by atoms with Crippen LogP contribution in [0.3, 0.4) is 0 Å². The quantitative estimate of drug-likeness (QED) is 0.664. The zero-order valence-corrected chi connectivity index (χ0v) is 6.96. The highest BCUT2D eigenvalue weighted by molar-refractivity contribution is 5.28. The van der Waals surface area contributed by atoms with Crippen molar-refractivity contribution in [1.82, 2.24) is 15.1 Å². The molecular formula is C7H14N4. The number of hydrogen-bond acceptors (Lipinski definition) is 3. The molecule has 3 N–H and O–H groups in total. The second-order valence-corrected chi connectivity index (χ2v) is 2.65. The number of aromatic amines is 1. The summed E-state index contributed by atoms with van der Waals surface area (Å²) in [6.45, 7) is 4.01. The van der Waals surface area contributed by atoms with Gasteiger partial charge < -0.3 is 10.6 Å². The summed E-state index contributed by atoms with van der Waals surface area (Å²) >= 11 is 0. The number of nitrogens with two attached hydrogens (primary N) is 1. The fraction of sp³-hybridized carbons (Fsp3) is 0.571. The summed E-state index contributed by atoms with van der Waals surface area (Å²) < 4.78 is 0. The van der Waals surface area contributed by atoms with Gasteiger partial charge in [-0.3, -0.25) is 5.10 Å². The van der Waals surface area contributed by atoms with Crippen LogP contribution in [-0.2, 0) is 6.54 Å². The zero-order valence-electron chi connectivity index (χ0n) is 6.96. The lowest BCUT2D eigenvalue weighted by Gasteiger charge is -2.10. The lowest BCUT2D eigenvalue weighted by atomic mass is 10.4. The molecule has 0 aliphatic carbocycles. The number of anilines is 1. The molecule has 4 heteroatoms. The van der Waals surface area contributed by atoms with E-state index in [-0.39, 0.29) is 0 Å². The van der Waals surface area contributed by atoms with Crippen molar-refractivity contribution in [2.24, 2.45) is 0 Å². The van der Waals surface area contributed by atoms with Gasteiger partial charge in [0, 0.05) is 12.6 Å². The molecule has 0 bridgehead atoms. The summed E-state index contributed by atoms with van der Waals surface area (Å²) in [5, 5.41) is 6.68. The first-order valence-electron chi connectivity index (χ1n) is 3.70. The number of nitrogen functional groups attached to an aromatic ring is 1. The van der Waals surface area contributed by atoms with E-state index >= 15 is 0 Å². The third kappa shape index (κ3) is 2.23. The Kier molecular flexibility index (Phi) is 2.48. The highest BCUT2D eigenvalue weighted by atomic mass is 15.2. The van der Waals surface area contributed by atoms with Crippen LogP contribution >= 0.6 is 0 Å². The number of H-pyrrole nitrogens is 1. The Hall–Kier alpha value is -1.03. The molecule has 1 aromatic heterocycles. The standard InChI is InChI=1S/C7H14N4/c1-3-11(2)5-6-4-7(8)10-9-6/h4H,3,5H2,1-2H3,(H3,8,9,10). The van der Waals surface area contributed by atoms with Crippen molar-refractivity contribution >= 4 is 5.82 Å². The fourth-order valence-electron chi connectivity index (χ4n) is 0.863. The summed E-state index contributed by atoms with van der Waals surface area (Å²) in [6.07, 6.45) is 0. The molecule has 0 saturated carbocycles. The zero-order chi connectivity index (χ0) is 8.27. The average molecular weight is 154 g/mol. The largest absolute Gasteiger partial charge is 0.382 e. The maximum absolute atomic E-state index is 5.43. The summed E-state index contributed by atoms with van der Waals surface area (Å²) in [5.74, 6) is 0.560. The van der Waals surface area contributed by atoms with Crippen LogP contribution in [0.15, 0.2) is 6.07 Å². The second-order valence-electron chi connectivity index (χ2n) is 2.65. The Morgan fingerprint density at radius 3 is 2.91 bits per heavy atom. The first kappa shape index (κ1) is 8.07. The minimum atomic E-state index is 0.560. The Morgan fingerprint density at radius 2 is 2.45 bits per heavy atom. The molecule has 0 spiro atoms. The van der Waals surface area contributed by atoms with Crippen LogP contribution in [0.5, 0.6) is 0 Å². The van der Waals surface area contributed by atoms with E-state index < -0.39 is 0 Å². The van der Waals surface area contributed by atoms with Gasteiger partial charge in [-0.05, 0) is 13.6 Å². The van der Waals surface area contributed by atoms with Gasteiger partial charge in [0.25, 0.3) is 0 Å². The van der Waals surface area contributed by atoms with E-state index in [9.17, 15) is 0 Å². The van der Waals surface area contributed by atoms with Gasteiger partial charge in [-0.1, -0.05) is 6.92 Å². The van der Waals surface area contributed by atoms with Crippen LogP contribution in [0, 0.1) is 0 Å². The molecule has 0 aliphatic rings. The van der Waals surface area contributed by atoms with Crippen LogP contribution in [0.2, 0.25) is 0 Å². The van der Waals surface area contributed by atoms with Gasteiger partial charge in [0.1, 0.15) is 5.82 Å². The normalized spacial score (nSPS) is 10.8. The van der Waals surface area contributed by atoms with Gasteiger partial charge in [0.15, 0.2) is 0 Å². The summed E-state index contributed by atoms with van der Waals surface area (Å²) in [5.41, 5.74) is 6.50. The number of aromatic nitrogens is 2. The first-order chi connectivity index (χ1) is 5.22. The van der Waals surface area contributed by atoms with E-state index in [1.807, 2.05) is 6.07 Å². The number of hydrogen-bond donors (Lipinski definition) is 2. The molecule has 0 aliphatic heterocycles. The molecule has 1 aromatic rings. The fourth-order valence-corrected chi connectivity index (χ4v) is 0.863. The predicted molar refractivity (Wildman–Crippen MR) is 45.0 cm³/mol. The van der Waals surface area contributed by atoms with Crippen LogP contribution in [-0.4, -0.2) is 28.7 Å². The molecule has 0 atom stereocenters. The molecule has 11 heavy (non-hydrogen) atoms. The van der Waals surface area contributed by atoms with Gasteiger partial charge in [-0.2, -0.15) is 5.10 Å². The lowest BCUT2D eigenvalue weighted by Crippen LogP contribution is -2.16. The Balaban J connectivity index is 2.50. The van der Waals surface area contributed by atoms with Crippen LogP contribution < -0.4 is 5.73 Å². The molecule has 62 valence electrons. The van der Waals surface area contributed by atoms with Gasteiger partial charge in [0.05, 0.1) is 5.69 Å². The molecule has 1 heterocycles. The van der Waals surface area contributed by atoms with Crippen molar-refractivity contribution in [3.63, 3.8) is 0 Å². The van der Waals surface area contributed by atoms with E-state index in [0.717, 1.165) is 18.8 Å². The smallest absolute Gasteiger partial charge is 0.145 e. The van der Waals surface area contributed by atoms with E-state index in [2.05, 4.69) is 29.1 Å². The Morgan fingerprint density at radius 1 is 1.73 bits per heavy atom. The number of nitrogens with one attached hydrogen (secondary N) is 1. The molecule has 0 amide bonds. The topological polar surface area (TPSA) is 57.9 Å². The second kappa shape index (κ2) is 3.39. The van der Waals surface area contributed by atoms with E-state index in [1.165, 1.54) is 0 Å². The third-order valence-electron chi connectivity index (χ3n) is 1.63. The van der Waals surface area contributed by atoms with Crippen LogP contribution in [0.4, 0.5) is 5.82 Å². The van der Waals surface area contributed by atoms with Crippen molar-refractivity contribution in [1.29, 1.82) is 0 Å². The van der Waals surface area contributed by atoms with Gasteiger partial charge in [0.2, 0.25) is 0 Å². The average Bonchev–Trinajstić information content (AvgIpc) is 2.35. The highest BCUT2D eigenvalue weighted by Crippen LogP contribution is 2.02. The van der Waals surface area contributed by atoms with Crippen molar-refractivity contribution in [3.8, 4) is 0 Å². The molecule has 4 nitrogen and oxygen atoms in total. The Bertz CT molecular complexity index is 218. The summed E-state index contributed by atoms with van der Waals surface area (Å²) in [4.78, 5) is 2.17. The summed E-state index contributed by atoms with van der Waals surface area (Å²) in [6, 6.07) is 1.85. The lowest BCUT2D eigenvalue weighted by molar-refractivity contribution is 0.341. The maximum Gasteiger partial charge on any atom is 0.145 e. The van der Waals surface area contributed by atoms with Gasteiger partial charge in [-0.15, -0.1) is 0 Å². The molecule has 0 saturated heterocycles. The van der Waals surface area contributed by atoms with E-state index in [0.29, 0.717) is 5.82 Å². The third-order valence-corrected chi connectivity index (χ3v) is 1.63. The molecule has 1 rings (SSSR count). The van der Waals surface area contributed by atoms with Crippen molar-refractivity contribution in [2.45, 2.75) is 13.5 Å². The summed E-state index contributed by atoms with van der Waals surface area (Å²) in [7, 11) is 2.05. The number of nitrogens with zero attached hydrogens (tertiary/aromatic N) is 2. The van der Waals surface area contributed by atoms with Crippen LogP contribution in [0.1, 0.15) is 12.6 Å².